The maximum Gasteiger partial charge on any atom is 0.389 e. The van der Waals surface area contributed by atoms with Crippen molar-refractivity contribution in [2.75, 3.05) is 6.61 Å². The van der Waals surface area contributed by atoms with Gasteiger partial charge in [0, 0.05) is 17.5 Å². The van der Waals surface area contributed by atoms with E-state index in [0.29, 0.717) is 22.8 Å². The van der Waals surface area contributed by atoms with Gasteiger partial charge in [0.05, 0.1) is 11.6 Å². The Morgan fingerprint density at radius 1 is 1.29 bits per heavy atom. The Morgan fingerprint density at radius 3 is 2.52 bits per heavy atom. The van der Waals surface area contributed by atoms with E-state index in [1.807, 2.05) is 6.92 Å². The molecule has 0 spiro atoms. The van der Waals surface area contributed by atoms with Crippen molar-refractivity contribution >= 4 is 23.2 Å². The van der Waals surface area contributed by atoms with Crippen LogP contribution in [0, 0.1) is 0 Å². The van der Waals surface area contributed by atoms with E-state index in [9.17, 15) is 13.2 Å². The predicted molar refractivity (Wildman–Crippen MR) is 79.2 cm³/mol. The van der Waals surface area contributed by atoms with Crippen molar-refractivity contribution in [3.05, 3.63) is 27.7 Å². The number of benzene rings is 1. The summed E-state index contributed by atoms with van der Waals surface area (Å²) in [6.07, 6.45) is -3.92. The lowest BCUT2D eigenvalue weighted by molar-refractivity contribution is -0.136. The van der Waals surface area contributed by atoms with E-state index in [-0.39, 0.29) is 24.1 Å². The van der Waals surface area contributed by atoms with Gasteiger partial charge in [0.25, 0.3) is 0 Å². The van der Waals surface area contributed by atoms with E-state index in [2.05, 4.69) is 0 Å². The van der Waals surface area contributed by atoms with E-state index < -0.39 is 12.6 Å². The summed E-state index contributed by atoms with van der Waals surface area (Å²) >= 11 is 12.0. The van der Waals surface area contributed by atoms with Crippen LogP contribution < -0.4 is 10.5 Å². The molecule has 2 N–H and O–H groups in total. The van der Waals surface area contributed by atoms with Gasteiger partial charge < -0.3 is 10.5 Å². The van der Waals surface area contributed by atoms with Gasteiger partial charge in [0.15, 0.2) is 0 Å². The molecule has 0 radical (unpaired) electrons. The standard InChI is InChI=1S/C14H18Cl2F3NO/c1-2-11(20)7-9-6-10(15)8-12(16)13(9)21-5-3-4-14(17,18)19/h6,8,11H,2-5,7,20H2,1H3. The molecule has 0 heterocycles. The molecule has 0 aliphatic heterocycles. The summed E-state index contributed by atoms with van der Waals surface area (Å²) < 4.78 is 41.7. The summed E-state index contributed by atoms with van der Waals surface area (Å²) in [5.41, 5.74) is 6.61. The van der Waals surface area contributed by atoms with Gasteiger partial charge in [-0.15, -0.1) is 0 Å². The normalized spacial score (nSPS) is 13.3. The third-order valence-corrected chi connectivity index (χ3v) is 3.44. The molecule has 1 atom stereocenters. The van der Waals surface area contributed by atoms with E-state index in [1.54, 1.807) is 6.07 Å². The van der Waals surface area contributed by atoms with Crippen molar-refractivity contribution in [2.24, 2.45) is 5.73 Å². The number of hydrogen-bond acceptors (Lipinski definition) is 2. The van der Waals surface area contributed by atoms with Gasteiger partial charge in [0.2, 0.25) is 0 Å². The number of hydrogen-bond donors (Lipinski definition) is 1. The average molecular weight is 344 g/mol. The Balaban J connectivity index is 2.75. The Kier molecular flexibility index (Phi) is 7.10. The molecular formula is C14H18Cl2F3NO. The summed E-state index contributed by atoms with van der Waals surface area (Å²) in [4.78, 5) is 0. The fraction of sp³-hybridized carbons (Fsp3) is 0.571. The van der Waals surface area contributed by atoms with Gasteiger partial charge in [-0.2, -0.15) is 13.2 Å². The highest BCUT2D eigenvalue weighted by molar-refractivity contribution is 6.35. The molecule has 0 saturated heterocycles. The van der Waals surface area contributed by atoms with Crippen LogP contribution in [0.3, 0.4) is 0 Å². The lowest BCUT2D eigenvalue weighted by Gasteiger charge is -2.16. The fourth-order valence-corrected chi connectivity index (χ4v) is 2.39. The quantitative estimate of drug-likeness (QED) is 0.707. The van der Waals surface area contributed by atoms with Crippen LogP contribution in [0.2, 0.25) is 10.0 Å². The predicted octanol–water partition coefficient (Wildman–Crippen LogP) is 4.99. The summed E-state index contributed by atoms with van der Waals surface area (Å²) in [6, 6.07) is 3.10. The number of nitrogens with two attached hydrogens (primary N) is 1. The second-order valence-electron chi connectivity index (χ2n) is 4.82. The maximum atomic E-state index is 12.1. The number of halogens is 5. The highest BCUT2D eigenvalue weighted by Crippen LogP contribution is 2.33. The van der Waals surface area contributed by atoms with Crippen LogP contribution in [-0.2, 0) is 6.42 Å². The number of alkyl halides is 3. The van der Waals surface area contributed by atoms with Crippen LogP contribution in [0.15, 0.2) is 12.1 Å². The first-order valence-corrected chi connectivity index (χ1v) is 7.41. The van der Waals surface area contributed by atoms with Crippen LogP contribution in [0.5, 0.6) is 5.75 Å². The van der Waals surface area contributed by atoms with Gasteiger partial charge in [-0.05, 0) is 37.0 Å². The molecule has 1 aromatic carbocycles. The molecule has 2 nitrogen and oxygen atoms in total. The van der Waals surface area contributed by atoms with Crippen molar-refractivity contribution in [3.8, 4) is 5.75 Å². The molecule has 0 amide bonds. The minimum absolute atomic E-state index is 0.0603. The molecule has 0 aromatic heterocycles. The first kappa shape index (κ1) is 18.4. The smallest absolute Gasteiger partial charge is 0.389 e. The summed E-state index contributed by atoms with van der Waals surface area (Å²) in [6.45, 7) is 1.88. The van der Waals surface area contributed by atoms with Crippen molar-refractivity contribution < 1.29 is 17.9 Å². The van der Waals surface area contributed by atoms with Gasteiger partial charge in [-0.3, -0.25) is 0 Å². The van der Waals surface area contributed by atoms with E-state index >= 15 is 0 Å². The minimum atomic E-state index is -4.18. The van der Waals surface area contributed by atoms with E-state index in [1.165, 1.54) is 6.07 Å². The van der Waals surface area contributed by atoms with Crippen LogP contribution >= 0.6 is 23.2 Å². The lowest BCUT2D eigenvalue weighted by Crippen LogP contribution is -2.22. The van der Waals surface area contributed by atoms with Gasteiger partial charge in [-0.25, -0.2) is 0 Å². The van der Waals surface area contributed by atoms with Crippen LogP contribution in [0.4, 0.5) is 13.2 Å². The highest BCUT2D eigenvalue weighted by Gasteiger charge is 2.26. The Bertz CT molecular complexity index is 466. The van der Waals surface area contributed by atoms with Crippen molar-refractivity contribution in [3.63, 3.8) is 0 Å². The molecule has 7 heteroatoms. The molecule has 0 aliphatic carbocycles. The van der Waals surface area contributed by atoms with Crippen molar-refractivity contribution in [1.29, 1.82) is 0 Å². The van der Waals surface area contributed by atoms with Crippen molar-refractivity contribution in [2.45, 2.75) is 44.8 Å². The Labute approximate surface area is 132 Å². The van der Waals surface area contributed by atoms with Crippen molar-refractivity contribution in [1.82, 2.24) is 0 Å². The third kappa shape index (κ3) is 6.76. The first-order valence-electron chi connectivity index (χ1n) is 6.66. The van der Waals surface area contributed by atoms with E-state index in [4.69, 9.17) is 33.7 Å². The minimum Gasteiger partial charge on any atom is -0.492 e. The molecular weight excluding hydrogens is 326 g/mol. The molecule has 1 unspecified atom stereocenters. The summed E-state index contributed by atoms with van der Waals surface area (Å²) in [7, 11) is 0. The first-order chi connectivity index (χ1) is 9.73. The second-order valence-corrected chi connectivity index (χ2v) is 5.66. The zero-order chi connectivity index (χ0) is 16.0. The molecule has 0 bridgehead atoms. The van der Waals surface area contributed by atoms with E-state index in [0.717, 1.165) is 6.42 Å². The van der Waals surface area contributed by atoms with Gasteiger partial charge in [-0.1, -0.05) is 30.1 Å². The molecule has 0 aliphatic rings. The SMILES string of the molecule is CCC(N)Cc1cc(Cl)cc(Cl)c1OCCCC(F)(F)F. The molecule has 120 valence electrons. The van der Waals surface area contributed by atoms with Gasteiger partial charge >= 0.3 is 6.18 Å². The number of rotatable bonds is 7. The van der Waals surface area contributed by atoms with Crippen LogP contribution in [0.25, 0.3) is 0 Å². The molecule has 0 fully saturated rings. The highest BCUT2D eigenvalue weighted by atomic mass is 35.5. The fourth-order valence-electron chi connectivity index (χ4n) is 1.80. The largest absolute Gasteiger partial charge is 0.492 e. The monoisotopic (exact) mass is 343 g/mol. The second kappa shape index (κ2) is 8.11. The molecule has 1 aromatic rings. The topological polar surface area (TPSA) is 35.2 Å². The average Bonchev–Trinajstić information content (AvgIpc) is 2.35. The van der Waals surface area contributed by atoms with Gasteiger partial charge in [0.1, 0.15) is 5.75 Å². The molecule has 21 heavy (non-hydrogen) atoms. The number of ether oxygens (including phenoxy) is 1. The zero-order valence-electron chi connectivity index (χ0n) is 11.6. The zero-order valence-corrected chi connectivity index (χ0v) is 13.2. The Morgan fingerprint density at radius 2 is 1.95 bits per heavy atom. The molecule has 1 rings (SSSR count). The Hall–Kier alpha value is -0.650. The third-order valence-electron chi connectivity index (χ3n) is 2.94. The van der Waals surface area contributed by atoms with Crippen LogP contribution in [0.1, 0.15) is 31.7 Å². The maximum absolute atomic E-state index is 12.1. The van der Waals surface area contributed by atoms with Crippen LogP contribution in [-0.4, -0.2) is 18.8 Å². The molecule has 0 saturated carbocycles. The summed E-state index contributed by atoms with van der Waals surface area (Å²) in [5, 5.41) is 0.730. The lowest BCUT2D eigenvalue weighted by atomic mass is 10.0. The summed E-state index contributed by atoms with van der Waals surface area (Å²) in [5.74, 6) is 0.368.